The number of anilines is 1. The van der Waals surface area contributed by atoms with Gasteiger partial charge in [0.15, 0.2) is 11.5 Å². The molecule has 0 spiro atoms. The van der Waals surface area contributed by atoms with Crippen molar-refractivity contribution in [2.45, 2.75) is 20.3 Å². The second-order valence-corrected chi connectivity index (χ2v) is 7.54. The molecule has 1 amide bonds. The van der Waals surface area contributed by atoms with Gasteiger partial charge in [-0.15, -0.1) is 0 Å². The predicted molar refractivity (Wildman–Crippen MR) is 117 cm³/mol. The first-order chi connectivity index (χ1) is 15.1. The van der Waals surface area contributed by atoms with Crippen LogP contribution in [0.1, 0.15) is 28.0 Å². The highest BCUT2D eigenvalue weighted by Crippen LogP contribution is 2.33. The lowest BCUT2D eigenvalue weighted by Crippen LogP contribution is -2.13. The third kappa shape index (κ3) is 3.70. The molecule has 7 heteroatoms. The Bertz CT molecular complexity index is 1280. The lowest BCUT2D eigenvalue weighted by atomic mass is 10.0. The van der Waals surface area contributed by atoms with E-state index in [1.54, 1.807) is 31.2 Å². The summed E-state index contributed by atoms with van der Waals surface area (Å²) >= 11 is 0. The van der Waals surface area contributed by atoms with Gasteiger partial charge in [0.25, 0.3) is 11.6 Å². The molecule has 156 valence electrons. The second kappa shape index (κ2) is 7.75. The Morgan fingerprint density at radius 3 is 2.55 bits per heavy atom. The van der Waals surface area contributed by atoms with Crippen LogP contribution in [-0.4, -0.2) is 29.3 Å². The van der Waals surface area contributed by atoms with E-state index in [1.165, 1.54) is 0 Å². The largest absolute Gasteiger partial charge is 0.490 e. The lowest BCUT2D eigenvalue weighted by Gasteiger charge is -2.11. The normalized spacial score (nSPS) is 13.1. The Hall–Kier alpha value is -3.87. The molecule has 0 unspecified atom stereocenters. The second-order valence-electron chi connectivity index (χ2n) is 7.54. The van der Waals surface area contributed by atoms with Crippen LogP contribution in [0.4, 0.5) is 5.69 Å². The fourth-order valence-corrected chi connectivity index (χ4v) is 3.59. The SMILES string of the molecule is Cc1ccc(-c2cc(C(=O)Nc3ccc4c(c3)OCCCO4)c3c(C)noc3n2)cc1. The first-order valence-corrected chi connectivity index (χ1v) is 10.1. The molecule has 2 aromatic carbocycles. The van der Waals surface area contributed by atoms with Crippen molar-refractivity contribution in [2.24, 2.45) is 0 Å². The molecule has 0 radical (unpaired) electrons. The van der Waals surface area contributed by atoms with Gasteiger partial charge in [-0.3, -0.25) is 4.79 Å². The maximum Gasteiger partial charge on any atom is 0.259 e. The molecule has 0 saturated heterocycles. The van der Waals surface area contributed by atoms with E-state index in [0.29, 0.717) is 58.5 Å². The van der Waals surface area contributed by atoms with Crippen LogP contribution in [0.3, 0.4) is 0 Å². The molecule has 2 aromatic heterocycles. The standard InChI is InChI=1S/C24H21N3O4/c1-14-4-6-16(7-5-14)19-13-18(22-15(2)27-31-24(22)26-19)23(28)25-17-8-9-20-21(12-17)30-11-3-10-29-20/h4-9,12-13H,3,10-11H2,1-2H3,(H,25,28). The van der Waals surface area contributed by atoms with Crippen LogP contribution in [0, 0.1) is 13.8 Å². The van der Waals surface area contributed by atoms with Gasteiger partial charge in [-0.2, -0.15) is 0 Å². The number of aromatic nitrogens is 2. The quantitative estimate of drug-likeness (QED) is 0.511. The molecule has 0 bridgehead atoms. The molecule has 0 fully saturated rings. The molecule has 1 aliphatic rings. The smallest absolute Gasteiger partial charge is 0.259 e. The number of carbonyl (C=O) groups excluding carboxylic acids is 1. The van der Waals surface area contributed by atoms with E-state index in [4.69, 9.17) is 14.0 Å². The molecule has 0 aliphatic carbocycles. The number of fused-ring (bicyclic) bond motifs is 2. The summed E-state index contributed by atoms with van der Waals surface area (Å²) in [5.74, 6) is 1.02. The molecule has 5 rings (SSSR count). The van der Waals surface area contributed by atoms with E-state index < -0.39 is 0 Å². The van der Waals surface area contributed by atoms with Crippen molar-refractivity contribution in [2.75, 3.05) is 18.5 Å². The third-order valence-corrected chi connectivity index (χ3v) is 5.21. The van der Waals surface area contributed by atoms with Crippen molar-refractivity contribution in [3.05, 3.63) is 65.4 Å². The van der Waals surface area contributed by atoms with Gasteiger partial charge in [-0.05, 0) is 32.0 Å². The number of benzene rings is 2. The first kappa shape index (κ1) is 19.1. The van der Waals surface area contributed by atoms with Crippen LogP contribution in [0.5, 0.6) is 11.5 Å². The van der Waals surface area contributed by atoms with Crippen LogP contribution < -0.4 is 14.8 Å². The highest BCUT2D eigenvalue weighted by molar-refractivity contribution is 6.13. The van der Waals surface area contributed by atoms with Crippen LogP contribution in [-0.2, 0) is 0 Å². The number of ether oxygens (including phenoxy) is 2. The monoisotopic (exact) mass is 415 g/mol. The number of rotatable bonds is 3. The van der Waals surface area contributed by atoms with Gasteiger partial charge in [-0.1, -0.05) is 35.0 Å². The van der Waals surface area contributed by atoms with Gasteiger partial charge < -0.3 is 19.3 Å². The lowest BCUT2D eigenvalue weighted by molar-refractivity contribution is 0.102. The summed E-state index contributed by atoms with van der Waals surface area (Å²) in [6.45, 7) is 5.01. The molecule has 1 aliphatic heterocycles. The van der Waals surface area contributed by atoms with Gasteiger partial charge in [0, 0.05) is 23.7 Å². The Morgan fingerprint density at radius 1 is 0.968 bits per heavy atom. The van der Waals surface area contributed by atoms with E-state index in [2.05, 4.69) is 15.5 Å². The van der Waals surface area contributed by atoms with Crippen molar-refractivity contribution in [3.8, 4) is 22.8 Å². The average molecular weight is 415 g/mol. The topological polar surface area (TPSA) is 86.5 Å². The molecule has 7 nitrogen and oxygen atoms in total. The molecule has 0 saturated carbocycles. The predicted octanol–water partition coefficient (Wildman–Crippen LogP) is 4.92. The molecule has 1 N–H and O–H groups in total. The van der Waals surface area contributed by atoms with Crippen LogP contribution in [0.25, 0.3) is 22.4 Å². The molecule has 0 atom stereocenters. The highest BCUT2D eigenvalue weighted by atomic mass is 16.5. The number of nitrogens with zero attached hydrogens (tertiary/aromatic N) is 2. The summed E-state index contributed by atoms with van der Waals surface area (Å²) < 4.78 is 16.8. The molecular formula is C24H21N3O4. The average Bonchev–Trinajstić information content (AvgIpc) is 3.00. The van der Waals surface area contributed by atoms with Crippen molar-refractivity contribution in [3.63, 3.8) is 0 Å². The summed E-state index contributed by atoms with van der Waals surface area (Å²) in [4.78, 5) is 17.8. The molecule has 31 heavy (non-hydrogen) atoms. The highest BCUT2D eigenvalue weighted by Gasteiger charge is 2.20. The van der Waals surface area contributed by atoms with Crippen molar-refractivity contribution in [1.82, 2.24) is 10.1 Å². The van der Waals surface area contributed by atoms with Gasteiger partial charge in [0.1, 0.15) is 0 Å². The first-order valence-electron chi connectivity index (χ1n) is 10.1. The number of nitrogens with one attached hydrogen (secondary N) is 1. The number of pyridine rings is 1. The zero-order valence-corrected chi connectivity index (χ0v) is 17.3. The third-order valence-electron chi connectivity index (χ3n) is 5.21. The summed E-state index contributed by atoms with van der Waals surface area (Å²) in [6.07, 6.45) is 0.819. The Morgan fingerprint density at radius 2 is 1.74 bits per heavy atom. The minimum Gasteiger partial charge on any atom is -0.490 e. The maximum atomic E-state index is 13.3. The van der Waals surface area contributed by atoms with Gasteiger partial charge in [0.05, 0.1) is 35.6 Å². The fraction of sp³-hybridized carbons (Fsp3) is 0.208. The molecular weight excluding hydrogens is 394 g/mol. The van der Waals surface area contributed by atoms with E-state index in [0.717, 1.165) is 17.5 Å². The zero-order chi connectivity index (χ0) is 21.4. The minimum absolute atomic E-state index is 0.276. The summed E-state index contributed by atoms with van der Waals surface area (Å²) in [6, 6.07) is 15.1. The minimum atomic E-state index is -0.276. The molecule has 3 heterocycles. The van der Waals surface area contributed by atoms with Gasteiger partial charge >= 0.3 is 0 Å². The number of amides is 1. The van der Waals surface area contributed by atoms with Gasteiger partial charge in [0.2, 0.25) is 0 Å². The van der Waals surface area contributed by atoms with Crippen LogP contribution in [0.2, 0.25) is 0 Å². The van der Waals surface area contributed by atoms with E-state index in [-0.39, 0.29) is 5.91 Å². The van der Waals surface area contributed by atoms with Crippen LogP contribution in [0.15, 0.2) is 53.1 Å². The number of aryl methyl sites for hydroxylation is 2. The number of hydrogen-bond donors (Lipinski definition) is 1. The summed E-state index contributed by atoms with van der Waals surface area (Å²) in [5.41, 5.74) is 4.70. The van der Waals surface area contributed by atoms with Gasteiger partial charge in [-0.25, -0.2) is 4.98 Å². The van der Waals surface area contributed by atoms with Crippen molar-refractivity contribution < 1.29 is 18.8 Å². The Labute approximate surface area is 179 Å². The molecule has 4 aromatic rings. The van der Waals surface area contributed by atoms with Crippen LogP contribution >= 0.6 is 0 Å². The van der Waals surface area contributed by atoms with Crippen molar-refractivity contribution >= 4 is 22.7 Å². The van der Waals surface area contributed by atoms with Crippen molar-refractivity contribution in [1.29, 1.82) is 0 Å². The number of carbonyl (C=O) groups is 1. The Kier molecular flexibility index (Phi) is 4.78. The van der Waals surface area contributed by atoms with E-state index in [9.17, 15) is 4.79 Å². The number of hydrogen-bond acceptors (Lipinski definition) is 6. The van der Waals surface area contributed by atoms with E-state index in [1.807, 2.05) is 31.2 Å². The summed E-state index contributed by atoms with van der Waals surface area (Å²) in [7, 11) is 0. The maximum absolute atomic E-state index is 13.3. The fourth-order valence-electron chi connectivity index (χ4n) is 3.59. The summed E-state index contributed by atoms with van der Waals surface area (Å²) in [5, 5.41) is 7.56. The van der Waals surface area contributed by atoms with E-state index >= 15 is 0 Å². The zero-order valence-electron chi connectivity index (χ0n) is 17.3. The Balaban J connectivity index is 1.53.